The maximum absolute atomic E-state index is 12.3. The first-order valence-electron chi connectivity index (χ1n) is 7.34. The molecule has 0 aliphatic carbocycles. The molecule has 2 aromatic rings. The lowest BCUT2D eigenvalue weighted by Crippen LogP contribution is -2.30. The minimum absolute atomic E-state index is 0.0203. The van der Waals surface area contributed by atoms with E-state index in [9.17, 15) is 4.79 Å². The molecule has 5 heteroatoms. The Morgan fingerprint density at radius 2 is 2.13 bits per heavy atom. The number of ether oxygens (including phenoxy) is 2. The molecular weight excluding hydrogens is 310 g/mol. The van der Waals surface area contributed by atoms with Gasteiger partial charge in [-0.1, -0.05) is 18.6 Å². The number of rotatable bonds is 6. The van der Waals surface area contributed by atoms with Gasteiger partial charge in [0, 0.05) is 6.54 Å². The second-order valence-electron chi connectivity index (χ2n) is 4.69. The summed E-state index contributed by atoms with van der Waals surface area (Å²) in [5, 5.41) is 0. The van der Waals surface area contributed by atoms with Crippen molar-refractivity contribution in [2.75, 3.05) is 13.2 Å². The molecule has 2 rings (SSSR count). The zero-order valence-corrected chi connectivity index (χ0v) is 14.1. The quantitative estimate of drug-likeness (QED) is 0.756. The van der Waals surface area contributed by atoms with Crippen LogP contribution in [-0.4, -0.2) is 17.8 Å². The Morgan fingerprint density at radius 3 is 2.74 bits per heavy atom. The topological polar surface area (TPSA) is 40.5 Å². The van der Waals surface area contributed by atoms with Crippen LogP contribution >= 0.6 is 11.3 Å². The van der Waals surface area contributed by atoms with E-state index < -0.39 is 0 Å². The lowest BCUT2D eigenvalue weighted by Gasteiger charge is -2.10. The first-order valence-corrected chi connectivity index (χ1v) is 8.15. The van der Waals surface area contributed by atoms with Gasteiger partial charge in [0.2, 0.25) is 0 Å². The number of thiazole rings is 1. The first kappa shape index (κ1) is 16.9. The molecule has 0 aliphatic rings. The van der Waals surface area contributed by atoms with Crippen molar-refractivity contribution in [3.63, 3.8) is 0 Å². The molecule has 0 unspecified atom stereocenters. The van der Waals surface area contributed by atoms with E-state index in [1.807, 2.05) is 32.1 Å². The Kier molecular flexibility index (Phi) is 5.67. The summed E-state index contributed by atoms with van der Waals surface area (Å²) in [6.45, 7) is 9.04. The van der Waals surface area contributed by atoms with Crippen LogP contribution in [0.2, 0.25) is 0 Å². The van der Waals surface area contributed by atoms with E-state index in [2.05, 4.69) is 12.5 Å². The van der Waals surface area contributed by atoms with Gasteiger partial charge in [0.25, 0.3) is 5.56 Å². The summed E-state index contributed by atoms with van der Waals surface area (Å²) in [5.74, 6) is 3.63. The van der Waals surface area contributed by atoms with Crippen molar-refractivity contribution in [3.05, 3.63) is 43.3 Å². The molecule has 1 aromatic heterocycles. The number of terminal acetylenes is 1. The molecule has 0 atom stereocenters. The minimum Gasteiger partial charge on any atom is -0.490 e. The van der Waals surface area contributed by atoms with Gasteiger partial charge >= 0.3 is 0 Å². The molecular formula is C18H19NO3S. The number of aromatic nitrogens is 1. The Balaban J connectivity index is 2.47. The molecule has 0 fully saturated rings. The van der Waals surface area contributed by atoms with Gasteiger partial charge in [-0.3, -0.25) is 9.36 Å². The molecule has 0 saturated carbocycles. The lowest BCUT2D eigenvalue weighted by molar-refractivity contribution is 0.299. The number of hydrogen-bond donors (Lipinski definition) is 0. The van der Waals surface area contributed by atoms with E-state index in [1.165, 1.54) is 11.3 Å². The average Bonchev–Trinajstić information content (AvgIpc) is 2.80. The maximum Gasteiger partial charge on any atom is 0.269 e. The number of hydrogen-bond acceptors (Lipinski definition) is 4. The predicted molar refractivity (Wildman–Crippen MR) is 94.5 cm³/mol. The lowest BCUT2D eigenvalue weighted by atomic mass is 10.2. The highest BCUT2D eigenvalue weighted by atomic mass is 32.1. The largest absolute Gasteiger partial charge is 0.490 e. The predicted octanol–water partition coefficient (Wildman–Crippen LogP) is 1.58. The zero-order valence-electron chi connectivity index (χ0n) is 13.3. The third kappa shape index (κ3) is 3.85. The molecule has 0 amide bonds. The summed E-state index contributed by atoms with van der Waals surface area (Å²) in [5.41, 5.74) is 0.844. The van der Waals surface area contributed by atoms with Gasteiger partial charge in [-0.25, -0.2) is 0 Å². The highest BCUT2D eigenvalue weighted by Gasteiger charge is 2.06. The van der Waals surface area contributed by atoms with Crippen molar-refractivity contribution in [3.8, 4) is 23.8 Å². The fraction of sp³-hybridized carbons (Fsp3) is 0.278. The van der Waals surface area contributed by atoms with Crippen LogP contribution in [0, 0.1) is 12.3 Å². The van der Waals surface area contributed by atoms with E-state index in [0.717, 1.165) is 10.2 Å². The van der Waals surface area contributed by atoms with Gasteiger partial charge < -0.3 is 9.47 Å². The minimum atomic E-state index is -0.0203. The van der Waals surface area contributed by atoms with Crippen molar-refractivity contribution >= 4 is 24.0 Å². The Bertz CT molecular complexity index is 886. The molecule has 0 radical (unpaired) electrons. The molecule has 0 N–H and O–H groups in total. The van der Waals surface area contributed by atoms with E-state index in [0.29, 0.717) is 29.2 Å². The monoisotopic (exact) mass is 329 g/mol. The van der Waals surface area contributed by atoms with Crippen LogP contribution in [0.15, 0.2) is 23.0 Å². The summed E-state index contributed by atoms with van der Waals surface area (Å²) in [6.07, 6.45) is 7.05. The molecule has 1 heterocycles. The Morgan fingerprint density at radius 1 is 1.35 bits per heavy atom. The van der Waals surface area contributed by atoms with E-state index >= 15 is 0 Å². The smallest absolute Gasteiger partial charge is 0.269 e. The van der Waals surface area contributed by atoms with Crippen LogP contribution in [0.1, 0.15) is 19.4 Å². The highest BCUT2D eigenvalue weighted by Crippen LogP contribution is 2.28. The fourth-order valence-corrected chi connectivity index (χ4v) is 3.12. The standard InChI is InChI=1S/C18H19NO3S/c1-5-10-22-15-9-8-14(11-16(15)21-7-3)12-17-18(20)19(6-2)13(4)23-17/h1,8-9,11-12H,4,6-7,10H2,2-3H3. The Labute approximate surface area is 139 Å². The van der Waals surface area contributed by atoms with Gasteiger partial charge in [-0.15, -0.1) is 17.8 Å². The summed E-state index contributed by atoms with van der Waals surface area (Å²) in [6, 6.07) is 5.51. The molecule has 23 heavy (non-hydrogen) atoms. The van der Waals surface area contributed by atoms with Crippen LogP contribution in [0.25, 0.3) is 12.7 Å². The van der Waals surface area contributed by atoms with Gasteiger partial charge in [0.05, 0.1) is 15.8 Å². The van der Waals surface area contributed by atoms with Crippen LogP contribution in [-0.2, 0) is 6.54 Å². The fourth-order valence-electron chi connectivity index (χ4n) is 2.16. The average molecular weight is 329 g/mol. The summed E-state index contributed by atoms with van der Waals surface area (Å²) < 4.78 is 14.1. The second-order valence-corrected chi connectivity index (χ2v) is 5.80. The summed E-state index contributed by atoms with van der Waals surface area (Å²) in [7, 11) is 0. The van der Waals surface area contributed by atoms with Gasteiger partial charge in [-0.05, 0) is 37.6 Å². The van der Waals surface area contributed by atoms with Crippen molar-refractivity contribution in [2.24, 2.45) is 0 Å². The SMILES string of the molecule is C#CCOc1ccc(C=c2sc(=C)n(CC)c2=O)cc1OCC. The van der Waals surface area contributed by atoms with Crippen molar-refractivity contribution in [2.45, 2.75) is 20.4 Å². The molecule has 0 bridgehead atoms. The third-order valence-electron chi connectivity index (χ3n) is 3.18. The zero-order chi connectivity index (χ0) is 16.8. The van der Waals surface area contributed by atoms with Gasteiger partial charge in [0.1, 0.15) is 6.61 Å². The molecule has 0 spiro atoms. The van der Waals surface area contributed by atoms with Crippen molar-refractivity contribution in [1.82, 2.24) is 4.57 Å². The van der Waals surface area contributed by atoms with Gasteiger partial charge in [0.15, 0.2) is 11.5 Å². The van der Waals surface area contributed by atoms with Crippen LogP contribution in [0.5, 0.6) is 11.5 Å². The molecule has 0 aliphatic heterocycles. The maximum atomic E-state index is 12.3. The molecule has 4 nitrogen and oxygen atoms in total. The highest BCUT2D eigenvalue weighted by molar-refractivity contribution is 7.07. The van der Waals surface area contributed by atoms with E-state index in [-0.39, 0.29) is 12.2 Å². The number of nitrogens with zero attached hydrogens (tertiary/aromatic N) is 1. The molecule has 0 saturated heterocycles. The summed E-state index contributed by atoms with van der Waals surface area (Å²) >= 11 is 1.38. The van der Waals surface area contributed by atoms with Crippen LogP contribution in [0.3, 0.4) is 0 Å². The third-order valence-corrected chi connectivity index (χ3v) is 4.15. The summed E-state index contributed by atoms with van der Waals surface area (Å²) in [4.78, 5) is 12.3. The van der Waals surface area contributed by atoms with Crippen LogP contribution < -0.4 is 24.2 Å². The molecule has 120 valence electrons. The molecule has 1 aromatic carbocycles. The van der Waals surface area contributed by atoms with Gasteiger partial charge in [-0.2, -0.15) is 0 Å². The normalized spacial score (nSPS) is 11.3. The Hall–Kier alpha value is -2.45. The van der Waals surface area contributed by atoms with Crippen LogP contribution in [0.4, 0.5) is 0 Å². The number of benzene rings is 1. The van der Waals surface area contributed by atoms with Crippen molar-refractivity contribution in [1.29, 1.82) is 0 Å². The second kappa shape index (κ2) is 7.70. The van der Waals surface area contributed by atoms with Crippen molar-refractivity contribution < 1.29 is 9.47 Å². The van der Waals surface area contributed by atoms with E-state index in [4.69, 9.17) is 15.9 Å². The van der Waals surface area contributed by atoms with E-state index in [1.54, 1.807) is 10.6 Å². The first-order chi connectivity index (χ1) is 11.1.